The van der Waals surface area contributed by atoms with Crippen LogP contribution in [0.1, 0.15) is 13.8 Å². The summed E-state index contributed by atoms with van der Waals surface area (Å²) in [5.41, 5.74) is -5.65. The summed E-state index contributed by atoms with van der Waals surface area (Å²) >= 11 is 0. The molecule has 0 atom stereocenters. The van der Waals surface area contributed by atoms with Gasteiger partial charge >= 0.3 is 5.51 Å². The zero-order chi connectivity index (χ0) is 24.2. The van der Waals surface area contributed by atoms with Crippen LogP contribution in [0.15, 0.2) is 87.5 Å². The van der Waals surface area contributed by atoms with Gasteiger partial charge in [-0.15, -0.1) is 0 Å². The summed E-state index contributed by atoms with van der Waals surface area (Å²) in [6.07, 6.45) is 0. The quantitative estimate of drug-likeness (QED) is 0.197. The van der Waals surface area contributed by atoms with E-state index in [1.165, 1.54) is 14.7 Å². The standard InChI is InChI=1S/C22H21O2S.CHF3O3S/c1-16(2)15-23-17-9-3-6-12-20(17)25-21-13-7-4-10-18(21)24-19-11-5-8-14-22(19)25;2-1(3,4)8(5,6)7/h3-14,16H,15H2,1-2H3;(H,5,6,7)/q+1;/p-1. The second-order valence-corrected chi connectivity index (χ2v) is 10.7. The Labute approximate surface area is 193 Å². The van der Waals surface area contributed by atoms with E-state index in [-0.39, 0.29) is 10.9 Å². The second kappa shape index (κ2) is 10.1. The molecule has 0 aliphatic carbocycles. The molecule has 0 saturated carbocycles. The number of para-hydroxylation sites is 3. The molecule has 0 saturated heterocycles. The van der Waals surface area contributed by atoms with Gasteiger partial charge in [0.05, 0.1) is 6.61 Å². The number of rotatable bonds is 4. The van der Waals surface area contributed by atoms with E-state index in [4.69, 9.17) is 22.4 Å². The Morgan fingerprint density at radius 3 is 1.76 bits per heavy atom. The van der Waals surface area contributed by atoms with Crippen molar-refractivity contribution in [2.24, 2.45) is 5.92 Å². The lowest BCUT2D eigenvalue weighted by Crippen LogP contribution is -2.21. The monoisotopic (exact) mass is 498 g/mol. The van der Waals surface area contributed by atoms with E-state index in [2.05, 4.69) is 56.3 Å². The van der Waals surface area contributed by atoms with Gasteiger partial charge in [-0.05, 0) is 42.3 Å². The fourth-order valence-corrected chi connectivity index (χ4v) is 5.18. The van der Waals surface area contributed by atoms with E-state index in [1.54, 1.807) is 0 Å². The maximum atomic E-state index is 10.7. The molecular formula is C23H21F3O5S2. The molecule has 4 rings (SSSR count). The Hall–Kier alpha value is -2.69. The molecule has 1 heterocycles. The zero-order valence-corrected chi connectivity index (χ0v) is 19.3. The Morgan fingerprint density at radius 2 is 1.30 bits per heavy atom. The second-order valence-electron chi connectivity index (χ2n) is 7.35. The largest absolute Gasteiger partial charge is 0.741 e. The molecule has 0 bridgehead atoms. The number of halogens is 3. The van der Waals surface area contributed by atoms with Crippen molar-refractivity contribution < 1.29 is 35.6 Å². The molecule has 5 nitrogen and oxygen atoms in total. The van der Waals surface area contributed by atoms with Crippen molar-refractivity contribution in [1.29, 1.82) is 0 Å². The molecule has 0 amide bonds. The van der Waals surface area contributed by atoms with Gasteiger partial charge in [-0.2, -0.15) is 13.2 Å². The van der Waals surface area contributed by atoms with Gasteiger partial charge in [-0.1, -0.05) is 50.2 Å². The van der Waals surface area contributed by atoms with E-state index in [9.17, 15) is 13.2 Å². The Balaban J connectivity index is 0.000000331. The van der Waals surface area contributed by atoms with Crippen LogP contribution in [0.2, 0.25) is 0 Å². The predicted molar refractivity (Wildman–Crippen MR) is 118 cm³/mol. The maximum Gasteiger partial charge on any atom is 0.485 e. The summed E-state index contributed by atoms with van der Waals surface area (Å²) in [7, 11) is -6.32. The minimum Gasteiger partial charge on any atom is -0.741 e. The third-order valence-corrected chi connectivity index (χ3v) is 7.18. The summed E-state index contributed by atoms with van der Waals surface area (Å²) in [4.78, 5) is 3.63. The number of hydrogen-bond donors (Lipinski definition) is 0. The van der Waals surface area contributed by atoms with Crippen LogP contribution in [-0.4, -0.2) is 25.1 Å². The molecule has 3 aromatic rings. The minimum absolute atomic E-state index is 0.234. The first-order valence-electron chi connectivity index (χ1n) is 9.83. The first-order valence-corrected chi connectivity index (χ1v) is 12.5. The van der Waals surface area contributed by atoms with Crippen molar-refractivity contribution in [2.45, 2.75) is 34.0 Å². The van der Waals surface area contributed by atoms with Crippen LogP contribution in [0, 0.1) is 5.92 Å². The molecule has 0 N–H and O–H groups in total. The fourth-order valence-electron chi connectivity index (χ4n) is 2.87. The van der Waals surface area contributed by atoms with E-state index in [1.807, 2.05) is 30.3 Å². The Bertz CT molecular complexity index is 1160. The molecular weight excluding hydrogens is 477 g/mol. The Kier molecular flexibility index (Phi) is 7.61. The summed E-state index contributed by atoms with van der Waals surface area (Å²) in [5, 5.41) is 0. The van der Waals surface area contributed by atoms with Gasteiger partial charge < -0.3 is 14.0 Å². The number of ether oxygens (including phenoxy) is 2. The zero-order valence-electron chi connectivity index (χ0n) is 17.7. The third-order valence-electron chi connectivity index (χ3n) is 4.28. The van der Waals surface area contributed by atoms with Gasteiger partial charge in [0.2, 0.25) is 14.7 Å². The van der Waals surface area contributed by atoms with Crippen LogP contribution in [0.3, 0.4) is 0 Å². The van der Waals surface area contributed by atoms with E-state index >= 15 is 0 Å². The Morgan fingerprint density at radius 1 is 0.879 bits per heavy atom. The van der Waals surface area contributed by atoms with Gasteiger partial charge in [0.25, 0.3) is 0 Å². The average Bonchev–Trinajstić information content (AvgIpc) is 2.75. The summed E-state index contributed by atoms with van der Waals surface area (Å²) < 4.78 is 71.2. The smallest absolute Gasteiger partial charge is 0.485 e. The lowest BCUT2D eigenvalue weighted by Gasteiger charge is -2.21. The summed E-state index contributed by atoms with van der Waals surface area (Å²) in [5.74, 6) is 3.32. The molecule has 3 aromatic carbocycles. The maximum absolute atomic E-state index is 10.7. The minimum atomic E-state index is -6.09. The van der Waals surface area contributed by atoms with Gasteiger partial charge in [0.1, 0.15) is 10.9 Å². The van der Waals surface area contributed by atoms with Crippen LogP contribution in [0.4, 0.5) is 13.2 Å². The normalized spacial score (nSPS) is 13.3. The molecule has 0 spiro atoms. The molecule has 176 valence electrons. The third kappa shape index (κ3) is 6.01. The van der Waals surface area contributed by atoms with Crippen LogP contribution >= 0.6 is 0 Å². The van der Waals surface area contributed by atoms with Gasteiger partial charge in [0.15, 0.2) is 27.4 Å². The highest BCUT2D eigenvalue weighted by molar-refractivity contribution is 7.97. The lowest BCUT2D eigenvalue weighted by atomic mass is 10.2. The first-order chi connectivity index (χ1) is 15.5. The van der Waals surface area contributed by atoms with Crippen molar-refractivity contribution >= 4 is 21.0 Å². The van der Waals surface area contributed by atoms with E-state index < -0.39 is 15.6 Å². The van der Waals surface area contributed by atoms with Crippen LogP contribution in [0.25, 0.3) is 0 Å². The first kappa shape index (κ1) is 24.9. The molecule has 0 fully saturated rings. The fraction of sp³-hybridized carbons (Fsp3) is 0.217. The molecule has 0 unspecified atom stereocenters. The topological polar surface area (TPSA) is 75.7 Å². The van der Waals surface area contributed by atoms with Gasteiger partial charge in [-0.25, -0.2) is 8.42 Å². The predicted octanol–water partition coefficient (Wildman–Crippen LogP) is 5.97. The van der Waals surface area contributed by atoms with Crippen LogP contribution in [-0.2, 0) is 21.0 Å². The summed E-state index contributed by atoms with van der Waals surface area (Å²) in [6, 6.07) is 25.0. The number of benzene rings is 3. The number of fused-ring (bicyclic) bond motifs is 2. The van der Waals surface area contributed by atoms with Crippen molar-refractivity contribution in [1.82, 2.24) is 0 Å². The van der Waals surface area contributed by atoms with Crippen LogP contribution in [0.5, 0.6) is 17.2 Å². The van der Waals surface area contributed by atoms with Crippen LogP contribution < -0.4 is 9.47 Å². The molecule has 1 aliphatic heterocycles. The number of hydrogen-bond acceptors (Lipinski definition) is 5. The lowest BCUT2D eigenvalue weighted by molar-refractivity contribution is -0.0517. The molecule has 0 radical (unpaired) electrons. The van der Waals surface area contributed by atoms with E-state index in [0.29, 0.717) is 12.5 Å². The van der Waals surface area contributed by atoms with Crippen molar-refractivity contribution in [3.8, 4) is 17.2 Å². The molecule has 1 aliphatic rings. The van der Waals surface area contributed by atoms with Crippen molar-refractivity contribution in [2.75, 3.05) is 6.61 Å². The average molecular weight is 499 g/mol. The highest BCUT2D eigenvalue weighted by Gasteiger charge is 2.41. The highest BCUT2D eigenvalue weighted by atomic mass is 32.2. The highest BCUT2D eigenvalue weighted by Crippen LogP contribution is 2.48. The van der Waals surface area contributed by atoms with E-state index in [0.717, 1.165) is 17.2 Å². The van der Waals surface area contributed by atoms with Crippen molar-refractivity contribution in [3.05, 3.63) is 72.8 Å². The summed E-state index contributed by atoms with van der Waals surface area (Å²) in [6.45, 7) is 5.06. The molecule has 33 heavy (non-hydrogen) atoms. The SMILES string of the molecule is CC(C)COc1ccccc1[S+]1c2ccccc2Oc2ccccc21.O=S(=O)([O-])C(F)(F)F. The van der Waals surface area contributed by atoms with Crippen molar-refractivity contribution in [3.63, 3.8) is 0 Å². The molecule has 10 heteroatoms. The van der Waals surface area contributed by atoms with Gasteiger partial charge in [0, 0.05) is 0 Å². The number of alkyl halides is 3. The van der Waals surface area contributed by atoms with Gasteiger partial charge in [-0.3, -0.25) is 0 Å². The molecule has 0 aromatic heterocycles.